The van der Waals surface area contributed by atoms with Crippen molar-refractivity contribution in [3.05, 3.63) is 63.9 Å². The fourth-order valence-electron chi connectivity index (χ4n) is 2.52. The number of fused-ring (bicyclic) bond motifs is 1. The third kappa shape index (κ3) is 3.21. The van der Waals surface area contributed by atoms with Gasteiger partial charge in [0.2, 0.25) is 4.96 Å². The van der Waals surface area contributed by atoms with Crippen LogP contribution in [0.1, 0.15) is 10.4 Å². The second kappa shape index (κ2) is 6.89. The first-order valence-corrected chi connectivity index (χ1v) is 9.37. The molecule has 26 heavy (non-hydrogen) atoms. The van der Waals surface area contributed by atoms with Crippen molar-refractivity contribution in [2.45, 2.75) is 0 Å². The van der Waals surface area contributed by atoms with E-state index in [0.717, 1.165) is 21.5 Å². The van der Waals surface area contributed by atoms with Crippen LogP contribution in [0, 0.1) is 0 Å². The number of methoxy groups -OCH3 is 1. The van der Waals surface area contributed by atoms with Crippen LogP contribution < -0.4 is 10.1 Å². The molecule has 0 unspecified atom stereocenters. The van der Waals surface area contributed by atoms with Crippen molar-refractivity contribution in [2.24, 2.45) is 0 Å². The van der Waals surface area contributed by atoms with Gasteiger partial charge in [-0.3, -0.25) is 10.1 Å². The van der Waals surface area contributed by atoms with Crippen molar-refractivity contribution in [3.8, 4) is 17.0 Å². The highest BCUT2D eigenvalue weighted by atomic mass is 79.9. The second-order valence-corrected chi connectivity index (χ2v) is 7.20. The minimum Gasteiger partial charge on any atom is -0.497 e. The zero-order valence-electron chi connectivity index (χ0n) is 13.6. The molecule has 0 aliphatic carbocycles. The molecule has 4 aromatic rings. The van der Waals surface area contributed by atoms with Crippen LogP contribution >= 0.6 is 27.3 Å². The molecular weight excluding hydrogens is 416 g/mol. The summed E-state index contributed by atoms with van der Waals surface area (Å²) in [5, 5.41) is 9.14. The largest absolute Gasteiger partial charge is 0.497 e. The molecule has 0 saturated carbocycles. The van der Waals surface area contributed by atoms with Crippen LogP contribution in [0.5, 0.6) is 5.75 Å². The van der Waals surface area contributed by atoms with Crippen LogP contribution in [0.25, 0.3) is 16.2 Å². The maximum absolute atomic E-state index is 12.4. The molecule has 2 heterocycles. The van der Waals surface area contributed by atoms with Crippen molar-refractivity contribution in [1.82, 2.24) is 14.6 Å². The minimum atomic E-state index is -0.257. The summed E-state index contributed by atoms with van der Waals surface area (Å²) in [6.07, 6.45) is 0. The number of hydrogen-bond acceptors (Lipinski definition) is 5. The Labute approximate surface area is 161 Å². The van der Waals surface area contributed by atoms with Crippen LogP contribution in [0.2, 0.25) is 0 Å². The molecule has 0 bridgehead atoms. The van der Waals surface area contributed by atoms with E-state index in [1.165, 1.54) is 11.3 Å². The van der Waals surface area contributed by atoms with Crippen molar-refractivity contribution in [2.75, 3.05) is 12.4 Å². The average Bonchev–Trinajstić information content (AvgIpc) is 3.21. The van der Waals surface area contributed by atoms with Gasteiger partial charge in [0.15, 0.2) is 0 Å². The molecule has 4 rings (SSSR count). The van der Waals surface area contributed by atoms with E-state index in [4.69, 9.17) is 4.74 Å². The Hall–Kier alpha value is -2.71. The first-order valence-electron chi connectivity index (χ1n) is 7.69. The molecule has 8 heteroatoms. The van der Waals surface area contributed by atoms with E-state index >= 15 is 0 Å². The molecule has 2 aromatic heterocycles. The van der Waals surface area contributed by atoms with Crippen molar-refractivity contribution < 1.29 is 9.53 Å². The number of rotatable bonds is 4. The highest BCUT2D eigenvalue weighted by Crippen LogP contribution is 2.28. The van der Waals surface area contributed by atoms with Crippen LogP contribution in [0.3, 0.4) is 0 Å². The predicted molar refractivity (Wildman–Crippen MR) is 105 cm³/mol. The van der Waals surface area contributed by atoms with Gasteiger partial charge in [0, 0.05) is 21.0 Å². The molecule has 130 valence electrons. The van der Waals surface area contributed by atoms with E-state index in [9.17, 15) is 4.79 Å². The van der Waals surface area contributed by atoms with Gasteiger partial charge in [0.1, 0.15) is 5.75 Å². The summed E-state index contributed by atoms with van der Waals surface area (Å²) in [7, 11) is 1.63. The lowest BCUT2D eigenvalue weighted by molar-refractivity contribution is 0.102. The van der Waals surface area contributed by atoms with Gasteiger partial charge in [0.25, 0.3) is 11.9 Å². The molecule has 0 aliphatic rings. The Bertz CT molecular complexity index is 1110. The highest BCUT2D eigenvalue weighted by Gasteiger charge is 2.14. The van der Waals surface area contributed by atoms with E-state index in [0.29, 0.717) is 10.5 Å². The number of nitrogens with one attached hydrogen (secondary N) is 1. The number of amides is 1. The maximum atomic E-state index is 12.4. The maximum Gasteiger partial charge on any atom is 0.258 e. The number of benzene rings is 2. The highest BCUT2D eigenvalue weighted by molar-refractivity contribution is 9.10. The molecule has 0 fully saturated rings. The number of carbonyl (C=O) groups is 1. The summed E-state index contributed by atoms with van der Waals surface area (Å²) in [6.45, 7) is 0. The lowest BCUT2D eigenvalue weighted by Gasteiger charge is -2.03. The van der Waals surface area contributed by atoms with Crippen LogP contribution in [-0.2, 0) is 0 Å². The summed E-state index contributed by atoms with van der Waals surface area (Å²) in [6, 6.07) is 14.9. The Morgan fingerprint density at radius 3 is 2.88 bits per heavy atom. The van der Waals surface area contributed by atoms with Crippen molar-refractivity contribution in [3.63, 3.8) is 0 Å². The van der Waals surface area contributed by atoms with Gasteiger partial charge in [-0.2, -0.15) is 4.98 Å². The molecule has 1 N–H and O–H groups in total. The monoisotopic (exact) mass is 428 g/mol. The number of hydrogen-bond donors (Lipinski definition) is 1. The normalized spacial score (nSPS) is 10.8. The Morgan fingerprint density at radius 1 is 1.23 bits per heavy atom. The minimum absolute atomic E-state index is 0.257. The van der Waals surface area contributed by atoms with E-state index in [1.807, 2.05) is 35.7 Å². The predicted octanol–water partition coefficient (Wildman–Crippen LogP) is 4.48. The fourth-order valence-corrected chi connectivity index (χ4v) is 3.75. The summed E-state index contributed by atoms with van der Waals surface area (Å²) >= 11 is 4.82. The quantitative estimate of drug-likeness (QED) is 0.520. The molecule has 0 atom stereocenters. The van der Waals surface area contributed by atoms with Crippen LogP contribution in [0.4, 0.5) is 5.95 Å². The van der Waals surface area contributed by atoms with E-state index in [2.05, 4.69) is 31.3 Å². The molecule has 6 nitrogen and oxygen atoms in total. The van der Waals surface area contributed by atoms with Gasteiger partial charge in [-0.1, -0.05) is 34.1 Å². The smallest absolute Gasteiger partial charge is 0.258 e. The number of anilines is 1. The van der Waals surface area contributed by atoms with Gasteiger partial charge >= 0.3 is 0 Å². The summed E-state index contributed by atoms with van der Waals surface area (Å²) in [5.41, 5.74) is 2.38. The average molecular weight is 429 g/mol. The van der Waals surface area contributed by atoms with Crippen LogP contribution in [0.15, 0.2) is 58.4 Å². The Kier molecular flexibility index (Phi) is 4.44. The van der Waals surface area contributed by atoms with E-state index in [1.54, 1.807) is 29.8 Å². The second-order valence-electron chi connectivity index (χ2n) is 5.45. The van der Waals surface area contributed by atoms with E-state index in [-0.39, 0.29) is 11.9 Å². The van der Waals surface area contributed by atoms with E-state index < -0.39 is 0 Å². The zero-order chi connectivity index (χ0) is 18.1. The number of halogens is 1. The van der Waals surface area contributed by atoms with Gasteiger partial charge in [0.05, 0.1) is 12.8 Å². The Morgan fingerprint density at radius 2 is 2.08 bits per heavy atom. The molecule has 0 saturated heterocycles. The van der Waals surface area contributed by atoms with Crippen LogP contribution in [-0.4, -0.2) is 27.6 Å². The first-order chi connectivity index (χ1) is 12.6. The van der Waals surface area contributed by atoms with Gasteiger partial charge in [-0.05, 0) is 30.3 Å². The lowest BCUT2D eigenvalue weighted by atomic mass is 10.2. The molecule has 0 spiro atoms. The number of aromatic nitrogens is 3. The molecule has 1 amide bonds. The third-order valence-electron chi connectivity index (χ3n) is 3.76. The number of ether oxygens (including phenoxy) is 1. The fraction of sp³-hybridized carbons (Fsp3) is 0.0556. The SMILES string of the molecule is COc1cccc(-c2csc3nc(NC(=O)c4cccc(Br)c4)nn23)c1. The third-order valence-corrected chi connectivity index (χ3v) is 5.07. The molecule has 2 aromatic carbocycles. The summed E-state index contributed by atoms with van der Waals surface area (Å²) in [5.74, 6) is 0.781. The number of thiazole rings is 1. The van der Waals surface area contributed by atoms with Gasteiger partial charge in [-0.25, -0.2) is 4.52 Å². The standard InChI is InChI=1S/C18H13BrN4O2S/c1-25-14-7-3-4-11(9-14)15-10-26-18-21-17(22-23(15)18)20-16(24)12-5-2-6-13(19)8-12/h2-10H,1H3,(H,20,22,24). The number of carbonyl (C=O) groups excluding carboxylic acids is 1. The van der Waals surface area contributed by atoms with Crippen molar-refractivity contribution >= 4 is 44.1 Å². The zero-order valence-corrected chi connectivity index (χ0v) is 16.0. The van der Waals surface area contributed by atoms with Gasteiger partial charge < -0.3 is 4.74 Å². The van der Waals surface area contributed by atoms with Crippen molar-refractivity contribution in [1.29, 1.82) is 0 Å². The molecule has 0 aliphatic heterocycles. The lowest BCUT2D eigenvalue weighted by Crippen LogP contribution is -2.13. The summed E-state index contributed by atoms with van der Waals surface area (Å²) < 4.78 is 7.83. The summed E-state index contributed by atoms with van der Waals surface area (Å²) in [4.78, 5) is 17.5. The molecule has 0 radical (unpaired) electrons. The number of nitrogens with zero attached hydrogens (tertiary/aromatic N) is 3. The molecular formula is C18H13BrN4O2S. The Balaban J connectivity index is 1.64. The first kappa shape index (κ1) is 16.7. The topological polar surface area (TPSA) is 68.5 Å². The van der Waals surface area contributed by atoms with Gasteiger partial charge in [-0.15, -0.1) is 16.4 Å².